The highest BCUT2D eigenvalue weighted by atomic mass is 16.6. The molecule has 1 aromatic carbocycles. The van der Waals surface area contributed by atoms with Crippen LogP contribution in [0.15, 0.2) is 24.3 Å². The van der Waals surface area contributed by atoms with Gasteiger partial charge in [-0.3, -0.25) is 0 Å². The molecule has 2 atom stereocenters. The van der Waals surface area contributed by atoms with Crippen molar-refractivity contribution in [3.05, 3.63) is 35.4 Å². The Balaban J connectivity index is 1.96. The lowest BCUT2D eigenvalue weighted by Gasteiger charge is -2.23. The number of hydrogen-bond acceptors (Lipinski definition) is 3. The van der Waals surface area contributed by atoms with E-state index in [9.17, 15) is 4.79 Å². The van der Waals surface area contributed by atoms with Crippen molar-refractivity contribution < 1.29 is 14.3 Å². The van der Waals surface area contributed by atoms with Crippen molar-refractivity contribution in [1.29, 1.82) is 0 Å². The Hall–Kier alpha value is -1.55. The molecule has 2 unspecified atom stereocenters. The largest absolute Gasteiger partial charge is 0.444 e. The van der Waals surface area contributed by atoms with Gasteiger partial charge >= 0.3 is 6.09 Å². The van der Waals surface area contributed by atoms with Gasteiger partial charge in [0.15, 0.2) is 0 Å². The average Bonchev–Trinajstić information content (AvgIpc) is 3.09. The topological polar surface area (TPSA) is 50.9 Å². The van der Waals surface area contributed by atoms with Gasteiger partial charge in [-0.05, 0) is 39.7 Å². The first-order valence-electron chi connectivity index (χ1n) is 7.00. The van der Waals surface area contributed by atoms with E-state index in [2.05, 4.69) is 30.4 Å². The van der Waals surface area contributed by atoms with Gasteiger partial charge in [0.25, 0.3) is 0 Å². The van der Waals surface area contributed by atoms with Crippen LogP contribution in [0.5, 0.6) is 0 Å². The summed E-state index contributed by atoms with van der Waals surface area (Å²) in [6.07, 6.45) is 0.472. The molecule has 1 aliphatic heterocycles. The second-order valence-electron chi connectivity index (χ2n) is 6.32. The minimum absolute atomic E-state index is 0.0355. The van der Waals surface area contributed by atoms with Gasteiger partial charge < -0.3 is 14.8 Å². The molecule has 0 aromatic heterocycles. The van der Waals surface area contributed by atoms with Gasteiger partial charge in [0.1, 0.15) is 11.7 Å². The predicted molar refractivity (Wildman–Crippen MR) is 77.8 cm³/mol. The van der Waals surface area contributed by atoms with Gasteiger partial charge in [0.2, 0.25) is 0 Å². The maximum atomic E-state index is 11.9. The number of aryl methyl sites for hydroxylation is 1. The summed E-state index contributed by atoms with van der Waals surface area (Å²) in [4.78, 5) is 11.9. The van der Waals surface area contributed by atoms with Crippen LogP contribution in [0.2, 0.25) is 0 Å². The highest BCUT2D eigenvalue weighted by Crippen LogP contribution is 2.19. The molecule has 4 heteroatoms. The number of rotatable bonds is 4. The van der Waals surface area contributed by atoms with Crippen molar-refractivity contribution in [2.75, 3.05) is 6.61 Å². The quantitative estimate of drug-likeness (QED) is 0.861. The van der Waals surface area contributed by atoms with Crippen molar-refractivity contribution in [3.8, 4) is 0 Å². The summed E-state index contributed by atoms with van der Waals surface area (Å²) in [6, 6.07) is 8.26. The first-order chi connectivity index (χ1) is 9.33. The minimum Gasteiger partial charge on any atom is -0.444 e. The molecule has 0 bridgehead atoms. The van der Waals surface area contributed by atoms with Gasteiger partial charge in [0, 0.05) is 0 Å². The molecule has 1 amide bonds. The fraction of sp³-hybridized carbons (Fsp3) is 0.562. The molecule has 1 aromatic rings. The van der Waals surface area contributed by atoms with Crippen LogP contribution in [-0.2, 0) is 15.9 Å². The lowest BCUT2D eigenvalue weighted by atomic mass is 10.0. The fourth-order valence-electron chi connectivity index (χ4n) is 2.12. The maximum Gasteiger partial charge on any atom is 0.407 e. The first kappa shape index (κ1) is 14.9. The number of carbonyl (C=O) groups is 1. The molecule has 1 heterocycles. The summed E-state index contributed by atoms with van der Waals surface area (Å²) in [7, 11) is 0. The lowest BCUT2D eigenvalue weighted by molar-refractivity contribution is 0.0495. The molecule has 110 valence electrons. The molecule has 0 spiro atoms. The SMILES string of the molecule is Cc1cccc(CC(NC(=O)OC(C)(C)C)C2CO2)c1. The number of ether oxygens (including phenoxy) is 2. The summed E-state index contributed by atoms with van der Waals surface area (Å²) in [5, 5.41) is 2.92. The van der Waals surface area contributed by atoms with Gasteiger partial charge in [-0.25, -0.2) is 4.79 Å². The van der Waals surface area contributed by atoms with E-state index in [4.69, 9.17) is 9.47 Å². The van der Waals surface area contributed by atoms with Crippen LogP contribution in [-0.4, -0.2) is 30.4 Å². The smallest absolute Gasteiger partial charge is 0.407 e. The van der Waals surface area contributed by atoms with Gasteiger partial charge in [-0.1, -0.05) is 29.8 Å². The molecule has 1 fully saturated rings. The zero-order valence-electron chi connectivity index (χ0n) is 12.6. The van der Waals surface area contributed by atoms with Crippen molar-refractivity contribution in [1.82, 2.24) is 5.32 Å². The first-order valence-corrected chi connectivity index (χ1v) is 7.00. The lowest BCUT2D eigenvalue weighted by Crippen LogP contribution is -2.43. The van der Waals surface area contributed by atoms with Crippen LogP contribution >= 0.6 is 0 Å². The normalized spacial score (nSPS) is 19.3. The monoisotopic (exact) mass is 277 g/mol. The predicted octanol–water partition coefficient (Wildman–Crippen LogP) is 2.83. The van der Waals surface area contributed by atoms with Crippen LogP contribution in [0.1, 0.15) is 31.9 Å². The number of amides is 1. The maximum absolute atomic E-state index is 11.9. The molecule has 1 N–H and O–H groups in total. The van der Waals surface area contributed by atoms with Gasteiger partial charge in [0.05, 0.1) is 12.6 Å². The highest BCUT2D eigenvalue weighted by molar-refractivity contribution is 5.68. The standard InChI is InChI=1S/C16H23NO3/c1-11-6-5-7-12(8-11)9-13(14-10-19-14)17-15(18)20-16(2,3)4/h5-8,13-14H,9-10H2,1-4H3,(H,17,18). The van der Waals surface area contributed by atoms with Crippen LogP contribution in [0.25, 0.3) is 0 Å². The van der Waals surface area contributed by atoms with Crippen molar-refractivity contribution in [3.63, 3.8) is 0 Å². The molecule has 20 heavy (non-hydrogen) atoms. The molecule has 2 rings (SSSR count). The molecular weight excluding hydrogens is 254 g/mol. The number of nitrogens with one attached hydrogen (secondary N) is 1. The zero-order valence-corrected chi connectivity index (χ0v) is 12.6. The van der Waals surface area contributed by atoms with E-state index in [0.717, 1.165) is 6.42 Å². The Morgan fingerprint density at radius 2 is 2.20 bits per heavy atom. The van der Waals surface area contributed by atoms with Crippen molar-refractivity contribution in [2.45, 2.75) is 51.9 Å². The summed E-state index contributed by atoms with van der Waals surface area (Å²) in [5.41, 5.74) is 1.93. The molecule has 1 aliphatic rings. The number of alkyl carbamates (subject to hydrolysis) is 1. The third-order valence-corrected chi connectivity index (χ3v) is 3.05. The second-order valence-corrected chi connectivity index (χ2v) is 6.32. The Bertz CT molecular complexity index is 475. The third kappa shape index (κ3) is 4.85. The summed E-state index contributed by atoms with van der Waals surface area (Å²) in [5.74, 6) is 0. The van der Waals surface area contributed by atoms with Crippen LogP contribution < -0.4 is 5.32 Å². The third-order valence-electron chi connectivity index (χ3n) is 3.05. The van der Waals surface area contributed by atoms with Crippen LogP contribution in [0, 0.1) is 6.92 Å². The van der Waals surface area contributed by atoms with E-state index in [1.165, 1.54) is 11.1 Å². The van der Waals surface area contributed by atoms with E-state index >= 15 is 0 Å². The summed E-state index contributed by atoms with van der Waals surface area (Å²) >= 11 is 0. The number of benzene rings is 1. The molecule has 0 radical (unpaired) electrons. The second kappa shape index (κ2) is 5.83. The molecule has 4 nitrogen and oxygen atoms in total. The molecule has 0 saturated carbocycles. The minimum atomic E-state index is -0.484. The molecule has 1 saturated heterocycles. The number of hydrogen-bond donors (Lipinski definition) is 1. The Morgan fingerprint density at radius 1 is 1.50 bits per heavy atom. The molecule has 0 aliphatic carbocycles. The van der Waals surface area contributed by atoms with Crippen LogP contribution in [0.4, 0.5) is 4.79 Å². The summed E-state index contributed by atoms with van der Waals surface area (Å²) in [6.45, 7) is 8.33. The van der Waals surface area contributed by atoms with E-state index in [1.807, 2.05) is 26.8 Å². The summed E-state index contributed by atoms with van der Waals surface area (Å²) < 4.78 is 10.6. The van der Waals surface area contributed by atoms with Gasteiger partial charge in [-0.2, -0.15) is 0 Å². The van der Waals surface area contributed by atoms with Crippen molar-refractivity contribution >= 4 is 6.09 Å². The van der Waals surface area contributed by atoms with E-state index in [-0.39, 0.29) is 18.2 Å². The Labute approximate surface area is 120 Å². The molecular formula is C16H23NO3. The van der Waals surface area contributed by atoms with E-state index in [0.29, 0.717) is 6.61 Å². The number of carbonyl (C=O) groups excluding carboxylic acids is 1. The van der Waals surface area contributed by atoms with Crippen LogP contribution in [0.3, 0.4) is 0 Å². The zero-order chi connectivity index (χ0) is 14.8. The van der Waals surface area contributed by atoms with E-state index < -0.39 is 5.60 Å². The highest BCUT2D eigenvalue weighted by Gasteiger charge is 2.34. The number of epoxide rings is 1. The fourth-order valence-corrected chi connectivity index (χ4v) is 2.12. The van der Waals surface area contributed by atoms with Crippen molar-refractivity contribution in [2.24, 2.45) is 0 Å². The Kier molecular flexibility index (Phi) is 4.33. The Morgan fingerprint density at radius 3 is 2.75 bits per heavy atom. The van der Waals surface area contributed by atoms with Gasteiger partial charge in [-0.15, -0.1) is 0 Å². The average molecular weight is 277 g/mol. The van der Waals surface area contributed by atoms with E-state index in [1.54, 1.807) is 0 Å².